The lowest BCUT2D eigenvalue weighted by Gasteiger charge is -2.13. The number of aromatic amines is 1. The third-order valence-electron chi connectivity index (χ3n) is 3.10. The molecular formula is C13H15N3O. The molecule has 2 N–H and O–H groups in total. The maximum absolute atomic E-state index is 5.41. The number of methoxy groups -OCH3 is 1. The Balaban J connectivity index is 2.19. The van der Waals surface area contributed by atoms with Crippen molar-refractivity contribution >= 4 is 16.5 Å². The molecule has 0 spiro atoms. The Morgan fingerprint density at radius 3 is 3.06 bits per heavy atom. The fourth-order valence-corrected chi connectivity index (χ4v) is 2.27. The number of ether oxygens (including phenoxy) is 1. The topological polar surface area (TPSA) is 49.9 Å². The minimum Gasteiger partial charge on any atom is -0.496 e. The Morgan fingerprint density at radius 1 is 1.35 bits per heavy atom. The molecule has 2 aromatic rings. The zero-order chi connectivity index (χ0) is 11.7. The van der Waals surface area contributed by atoms with Crippen molar-refractivity contribution < 1.29 is 4.74 Å². The van der Waals surface area contributed by atoms with E-state index in [9.17, 15) is 0 Å². The van der Waals surface area contributed by atoms with Gasteiger partial charge < -0.3 is 10.1 Å². The van der Waals surface area contributed by atoms with Crippen LogP contribution in [0.25, 0.3) is 16.5 Å². The van der Waals surface area contributed by atoms with Gasteiger partial charge in [-0.2, -0.15) is 5.10 Å². The van der Waals surface area contributed by atoms with Gasteiger partial charge in [0.15, 0.2) is 0 Å². The summed E-state index contributed by atoms with van der Waals surface area (Å²) >= 11 is 0. The number of H-pyrrole nitrogens is 1. The average Bonchev–Trinajstić information content (AvgIpc) is 2.83. The Labute approximate surface area is 99.7 Å². The normalized spacial score (nSPS) is 15.9. The van der Waals surface area contributed by atoms with E-state index in [1.807, 2.05) is 18.2 Å². The minimum absolute atomic E-state index is 0.873. The molecule has 0 saturated carbocycles. The molecule has 0 bridgehead atoms. The van der Waals surface area contributed by atoms with Gasteiger partial charge in [0.05, 0.1) is 18.0 Å². The Kier molecular flexibility index (Phi) is 2.57. The van der Waals surface area contributed by atoms with Gasteiger partial charge in [-0.15, -0.1) is 0 Å². The van der Waals surface area contributed by atoms with Crippen LogP contribution in [0.5, 0.6) is 5.75 Å². The summed E-state index contributed by atoms with van der Waals surface area (Å²) in [6, 6.07) is 5.96. The average molecular weight is 229 g/mol. The van der Waals surface area contributed by atoms with E-state index in [1.54, 1.807) is 7.11 Å². The van der Waals surface area contributed by atoms with Crippen molar-refractivity contribution in [1.29, 1.82) is 0 Å². The maximum atomic E-state index is 5.41. The fraction of sp³-hybridized carbons (Fsp3) is 0.308. The summed E-state index contributed by atoms with van der Waals surface area (Å²) in [4.78, 5) is 0. The van der Waals surface area contributed by atoms with Crippen LogP contribution >= 0.6 is 0 Å². The Bertz CT molecular complexity index is 571. The number of aromatic nitrogens is 2. The molecule has 0 fully saturated rings. The second kappa shape index (κ2) is 4.22. The summed E-state index contributed by atoms with van der Waals surface area (Å²) in [5.41, 5.74) is 3.27. The van der Waals surface area contributed by atoms with E-state index in [0.29, 0.717) is 0 Å². The molecule has 88 valence electrons. The molecule has 0 saturated heterocycles. The van der Waals surface area contributed by atoms with Gasteiger partial charge in [0.2, 0.25) is 0 Å². The number of fused-ring (bicyclic) bond motifs is 1. The van der Waals surface area contributed by atoms with Gasteiger partial charge in [-0.3, -0.25) is 5.10 Å². The van der Waals surface area contributed by atoms with Crippen molar-refractivity contribution in [3.05, 3.63) is 30.0 Å². The van der Waals surface area contributed by atoms with Gasteiger partial charge in [-0.1, -0.05) is 12.1 Å². The van der Waals surface area contributed by atoms with Crippen molar-refractivity contribution in [2.24, 2.45) is 0 Å². The van der Waals surface area contributed by atoms with Crippen LogP contribution in [0, 0.1) is 0 Å². The summed E-state index contributed by atoms with van der Waals surface area (Å²) in [5, 5.41) is 11.9. The first-order valence-electron chi connectivity index (χ1n) is 5.81. The molecule has 4 heteroatoms. The second-order valence-electron chi connectivity index (χ2n) is 4.15. The molecule has 0 unspecified atom stereocenters. The summed E-state index contributed by atoms with van der Waals surface area (Å²) < 4.78 is 5.41. The molecule has 1 aromatic heterocycles. The number of rotatable bonds is 2. The molecule has 0 radical (unpaired) electrons. The Morgan fingerprint density at radius 2 is 2.29 bits per heavy atom. The van der Waals surface area contributed by atoms with Crippen molar-refractivity contribution in [2.75, 3.05) is 20.2 Å². The highest BCUT2D eigenvalue weighted by atomic mass is 16.5. The molecule has 0 atom stereocenters. The lowest BCUT2D eigenvalue weighted by atomic mass is 10.0. The third-order valence-corrected chi connectivity index (χ3v) is 3.10. The lowest BCUT2D eigenvalue weighted by Crippen LogP contribution is -2.21. The number of hydrogen-bond acceptors (Lipinski definition) is 3. The lowest BCUT2D eigenvalue weighted by molar-refractivity contribution is 0.420. The van der Waals surface area contributed by atoms with Crippen LogP contribution in [0.15, 0.2) is 24.3 Å². The molecule has 4 nitrogen and oxygen atoms in total. The molecule has 1 aliphatic heterocycles. The number of benzene rings is 1. The van der Waals surface area contributed by atoms with Crippen LogP contribution in [-0.2, 0) is 0 Å². The first-order valence-corrected chi connectivity index (χ1v) is 5.81. The quantitative estimate of drug-likeness (QED) is 0.827. The number of nitrogens with zero attached hydrogens (tertiary/aromatic N) is 1. The van der Waals surface area contributed by atoms with Gasteiger partial charge in [-0.05, 0) is 30.7 Å². The smallest absolute Gasteiger partial charge is 0.130 e. The third kappa shape index (κ3) is 1.70. The van der Waals surface area contributed by atoms with E-state index in [0.717, 1.165) is 41.9 Å². The van der Waals surface area contributed by atoms with Crippen LogP contribution in [0.4, 0.5) is 0 Å². The molecule has 1 aliphatic rings. The van der Waals surface area contributed by atoms with Gasteiger partial charge in [0.1, 0.15) is 11.4 Å². The molecule has 0 aliphatic carbocycles. The second-order valence-corrected chi connectivity index (χ2v) is 4.15. The standard InChI is InChI=1S/C13H15N3O/c1-17-11-6-2-5-10-12(11)13(16-15-10)9-4-3-7-14-8-9/h2,4-6,14H,3,7-8H2,1H3,(H,15,16). The van der Waals surface area contributed by atoms with E-state index >= 15 is 0 Å². The number of nitrogens with one attached hydrogen (secondary N) is 2. The monoisotopic (exact) mass is 229 g/mol. The van der Waals surface area contributed by atoms with E-state index in [4.69, 9.17) is 4.74 Å². The van der Waals surface area contributed by atoms with Crippen molar-refractivity contribution in [3.8, 4) is 5.75 Å². The first-order chi connectivity index (χ1) is 8.40. The van der Waals surface area contributed by atoms with Crippen LogP contribution in [0.1, 0.15) is 12.1 Å². The molecule has 2 heterocycles. The highest BCUT2D eigenvalue weighted by Crippen LogP contribution is 2.31. The summed E-state index contributed by atoms with van der Waals surface area (Å²) in [7, 11) is 1.69. The predicted octanol–water partition coefficient (Wildman–Crippen LogP) is 1.95. The largest absolute Gasteiger partial charge is 0.496 e. The molecule has 3 rings (SSSR count). The van der Waals surface area contributed by atoms with Gasteiger partial charge in [-0.25, -0.2) is 0 Å². The molecular weight excluding hydrogens is 214 g/mol. The summed E-state index contributed by atoms with van der Waals surface area (Å²) in [5.74, 6) is 0.873. The molecule has 17 heavy (non-hydrogen) atoms. The van der Waals surface area contributed by atoms with E-state index in [1.165, 1.54) is 5.57 Å². The van der Waals surface area contributed by atoms with Crippen LogP contribution in [-0.4, -0.2) is 30.4 Å². The van der Waals surface area contributed by atoms with Crippen molar-refractivity contribution in [3.63, 3.8) is 0 Å². The van der Waals surface area contributed by atoms with E-state index in [-0.39, 0.29) is 0 Å². The van der Waals surface area contributed by atoms with Crippen LogP contribution in [0.3, 0.4) is 0 Å². The first kappa shape index (κ1) is 10.4. The van der Waals surface area contributed by atoms with Gasteiger partial charge in [0.25, 0.3) is 0 Å². The predicted molar refractivity (Wildman–Crippen MR) is 68.1 cm³/mol. The summed E-state index contributed by atoms with van der Waals surface area (Å²) in [6.45, 7) is 1.92. The summed E-state index contributed by atoms with van der Waals surface area (Å²) in [6.07, 6.45) is 3.30. The highest BCUT2D eigenvalue weighted by molar-refractivity contribution is 5.95. The van der Waals surface area contributed by atoms with E-state index < -0.39 is 0 Å². The number of hydrogen-bond donors (Lipinski definition) is 2. The molecule has 0 amide bonds. The Hall–Kier alpha value is -1.81. The maximum Gasteiger partial charge on any atom is 0.130 e. The zero-order valence-corrected chi connectivity index (χ0v) is 9.79. The minimum atomic E-state index is 0.873. The van der Waals surface area contributed by atoms with Crippen molar-refractivity contribution in [2.45, 2.75) is 6.42 Å². The van der Waals surface area contributed by atoms with Gasteiger partial charge >= 0.3 is 0 Å². The molecule has 1 aromatic carbocycles. The van der Waals surface area contributed by atoms with E-state index in [2.05, 4.69) is 21.6 Å². The van der Waals surface area contributed by atoms with Crippen LogP contribution in [0.2, 0.25) is 0 Å². The van der Waals surface area contributed by atoms with Gasteiger partial charge in [0, 0.05) is 6.54 Å². The zero-order valence-electron chi connectivity index (χ0n) is 9.79. The van der Waals surface area contributed by atoms with Crippen LogP contribution < -0.4 is 10.1 Å². The van der Waals surface area contributed by atoms with Crippen molar-refractivity contribution in [1.82, 2.24) is 15.5 Å². The fourth-order valence-electron chi connectivity index (χ4n) is 2.27. The SMILES string of the molecule is COc1cccc2[nH]nc(C3=CCCNC3)c12. The highest BCUT2D eigenvalue weighted by Gasteiger charge is 2.15.